The zero-order valence-electron chi connectivity index (χ0n) is 19.3. The Morgan fingerprint density at radius 2 is 1.78 bits per heavy atom. The standard InChI is InChI=1S/C26H34N4O2/c1-4-20-10-8-9-13-23(20)27-24(32)16-30-15-14-22-25(21-11-6-5-7-12-21)29(3)17-26(22,18-30)28-19(2)31/h5-13,22,25H,4,14-18H2,1-3H3,(H,27,32)(H,28,31)/t22-,25-,26+/m1/s1. The average molecular weight is 435 g/mol. The number of piperidine rings is 1. The van der Waals surface area contributed by atoms with Crippen molar-refractivity contribution in [3.63, 3.8) is 0 Å². The van der Waals surface area contributed by atoms with Crippen LogP contribution in [0.5, 0.6) is 0 Å². The Morgan fingerprint density at radius 1 is 1.06 bits per heavy atom. The number of fused-ring (bicyclic) bond motifs is 1. The zero-order chi connectivity index (χ0) is 22.7. The van der Waals surface area contributed by atoms with Crippen LogP contribution in [-0.2, 0) is 16.0 Å². The van der Waals surface area contributed by atoms with Gasteiger partial charge >= 0.3 is 0 Å². The second kappa shape index (κ2) is 9.43. The third kappa shape index (κ3) is 4.57. The van der Waals surface area contributed by atoms with Gasteiger partial charge in [-0.3, -0.25) is 19.4 Å². The normalized spacial score (nSPS) is 25.8. The first kappa shape index (κ1) is 22.5. The molecule has 6 heteroatoms. The molecule has 0 unspecified atom stereocenters. The fourth-order valence-electron chi connectivity index (χ4n) is 5.81. The molecule has 6 nitrogen and oxygen atoms in total. The summed E-state index contributed by atoms with van der Waals surface area (Å²) in [7, 11) is 2.14. The van der Waals surface area contributed by atoms with Gasteiger partial charge in [-0.15, -0.1) is 0 Å². The van der Waals surface area contributed by atoms with Gasteiger partial charge in [0.2, 0.25) is 11.8 Å². The average Bonchev–Trinajstić information content (AvgIpc) is 3.04. The summed E-state index contributed by atoms with van der Waals surface area (Å²) in [6.45, 7) is 6.29. The van der Waals surface area contributed by atoms with Crippen LogP contribution < -0.4 is 10.6 Å². The number of aryl methyl sites for hydroxylation is 1. The number of para-hydroxylation sites is 1. The van der Waals surface area contributed by atoms with Gasteiger partial charge in [0.05, 0.1) is 12.1 Å². The summed E-state index contributed by atoms with van der Waals surface area (Å²) in [5.41, 5.74) is 2.95. The van der Waals surface area contributed by atoms with Crippen LogP contribution >= 0.6 is 0 Å². The molecule has 0 bridgehead atoms. The minimum Gasteiger partial charge on any atom is -0.348 e. The van der Waals surface area contributed by atoms with Crippen LogP contribution in [0.2, 0.25) is 0 Å². The summed E-state index contributed by atoms with van der Waals surface area (Å²) in [5.74, 6) is 0.285. The van der Waals surface area contributed by atoms with Crippen molar-refractivity contribution in [3.8, 4) is 0 Å². The molecule has 32 heavy (non-hydrogen) atoms. The summed E-state index contributed by atoms with van der Waals surface area (Å²) in [6.07, 6.45) is 1.81. The van der Waals surface area contributed by atoms with Crippen molar-refractivity contribution in [3.05, 3.63) is 65.7 Å². The first-order valence-electron chi connectivity index (χ1n) is 11.6. The van der Waals surface area contributed by atoms with E-state index in [1.807, 2.05) is 30.3 Å². The Kier molecular flexibility index (Phi) is 6.63. The number of likely N-dealkylation sites (N-methyl/N-ethyl adjacent to an activating group) is 1. The van der Waals surface area contributed by atoms with E-state index in [1.165, 1.54) is 5.56 Å². The summed E-state index contributed by atoms with van der Waals surface area (Å²) >= 11 is 0. The van der Waals surface area contributed by atoms with E-state index in [1.54, 1.807) is 6.92 Å². The maximum Gasteiger partial charge on any atom is 0.238 e. The number of nitrogens with one attached hydrogen (secondary N) is 2. The van der Waals surface area contributed by atoms with Crippen molar-refractivity contribution < 1.29 is 9.59 Å². The Hall–Kier alpha value is -2.70. The topological polar surface area (TPSA) is 64.7 Å². The van der Waals surface area contributed by atoms with Crippen LogP contribution in [0.1, 0.15) is 37.4 Å². The minimum absolute atomic E-state index is 0.00622. The zero-order valence-corrected chi connectivity index (χ0v) is 19.3. The molecule has 0 radical (unpaired) electrons. The lowest BCUT2D eigenvalue weighted by Gasteiger charge is -2.45. The second-order valence-electron chi connectivity index (χ2n) is 9.27. The third-order valence-corrected chi connectivity index (χ3v) is 6.97. The molecule has 2 aromatic rings. The molecule has 4 rings (SSSR count). The van der Waals surface area contributed by atoms with Crippen LogP contribution in [0, 0.1) is 5.92 Å². The predicted molar refractivity (Wildman–Crippen MR) is 127 cm³/mol. The Labute approximate surface area is 191 Å². The molecule has 0 aliphatic carbocycles. The molecule has 0 saturated carbocycles. The van der Waals surface area contributed by atoms with Crippen molar-refractivity contribution in [2.45, 2.75) is 38.3 Å². The number of hydrogen-bond donors (Lipinski definition) is 2. The van der Waals surface area contributed by atoms with Gasteiger partial charge in [-0.1, -0.05) is 55.5 Å². The minimum atomic E-state index is -0.360. The number of benzene rings is 2. The summed E-state index contributed by atoms with van der Waals surface area (Å²) in [4.78, 5) is 29.6. The summed E-state index contributed by atoms with van der Waals surface area (Å²) < 4.78 is 0. The first-order valence-corrected chi connectivity index (χ1v) is 11.6. The number of amides is 2. The highest BCUT2D eigenvalue weighted by atomic mass is 16.2. The highest BCUT2D eigenvalue weighted by Crippen LogP contribution is 2.46. The van der Waals surface area contributed by atoms with Gasteiger partial charge in [-0.25, -0.2) is 0 Å². The molecule has 2 amide bonds. The Bertz CT molecular complexity index is 963. The van der Waals surface area contributed by atoms with Crippen LogP contribution in [-0.4, -0.2) is 60.4 Å². The number of likely N-dealkylation sites (tertiary alicyclic amines) is 2. The first-order chi connectivity index (χ1) is 15.4. The molecule has 2 aromatic carbocycles. The van der Waals surface area contributed by atoms with E-state index in [9.17, 15) is 9.59 Å². The maximum atomic E-state index is 12.9. The van der Waals surface area contributed by atoms with Crippen LogP contribution in [0.3, 0.4) is 0 Å². The van der Waals surface area contributed by atoms with Crippen molar-refractivity contribution in [2.24, 2.45) is 5.92 Å². The quantitative estimate of drug-likeness (QED) is 0.734. The molecule has 0 spiro atoms. The lowest BCUT2D eigenvalue weighted by Crippen LogP contribution is -2.64. The van der Waals surface area contributed by atoms with E-state index in [0.717, 1.165) is 37.2 Å². The third-order valence-electron chi connectivity index (χ3n) is 6.97. The van der Waals surface area contributed by atoms with Crippen LogP contribution in [0.25, 0.3) is 0 Å². The monoisotopic (exact) mass is 434 g/mol. The van der Waals surface area contributed by atoms with E-state index in [4.69, 9.17) is 0 Å². The van der Waals surface area contributed by atoms with Gasteiger partial charge in [0.15, 0.2) is 0 Å². The number of anilines is 1. The molecule has 2 fully saturated rings. The number of rotatable bonds is 6. The van der Waals surface area contributed by atoms with E-state index in [2.05, 4.69) is 58.7 Å². The van der Waals surface area contributed by atoms with Crippen molar-refractivity contribution in [2.75, 3.05) is 38.5 Å². The molecule has 2 aliphatic rings. The molecule has 170 valence electrons. The van der Waals surface area contributed by atoms with Crippen molar-refractivity contribution in [1.29, 1.82) is 0 Å². The second-order valence-corrected chi connectivity index (χ2v) is 9.27. The molecule has 2 heterocycles. The van der Waals surface area contributed by atoms with Gasteiger partial charge in [0.25, 0.3) is 0 Å². The lowest BCUT2D eigenvalue weighted by molar-refractivity contribution is -0.122. The Balaban J connectivity index is 1.50. The SMILES string of the molecule is CCc1ccccc1NC(=O)CN1CC[C@@H]2[C@@H](c3ccccc3)N(C)C[C@]2(NC(C)=O)C1. The molecule has 0 aromatic heterocycles. The van der Waals surface area contributed by atoms with E-state index >= 15 is 0 Å². The summed E-state index contributed by atoms with van der Waals surface area (Å²) in [6, 6.07) is 18.8. The summed E-state index contributed by atoms with van der Waals surface area (Å²) in [5, 5.41) is 6.39. The van der Waals surface area contributed by atoms with E-state index in [-0.39, 0.29) is 23.4 Å². The molecule has 2 aliphatic heterocycles. The lowest BCUT2D eigenvalue weighted by atomic mass is 9.75. The molecule has 3 atom stereocenters. The highest BCUT2D eigenvalue weighted by Gasteiger charge is 2.54. The number of carbonyl (C=O) groups excluding carboxylic acids is 2. The predicted octanol–water partition coefficient (Wildman–Crippen LogP) is 3.07. The van der Waals surface area contributed by atoms with Crippen LogP contribution in [0.15, 0.2) is 54.6 Å². The number of nitrogens with zero attached hydrogens (tertiary/aromatic N) is 2. The molecule has 2 saturated heterocycles. The number of hydrogen-bond acceptors (Lipinski definition) is 4. The fourth-order valence-corrected chi connectivity index (χ4v) is 5.81. The molecular weight excluding hydrogens is 400 g/mol. The van der Waals surface area contributed by atoms with Gasteiger partial charge in [-0.05, 0) is 43.6 Å². The van der Waals surface area contributed by atoms with Crippen molar-refractivity contribution in [1.82, 2.24) is 15.1 Å². The van der Waals surface area contributed by atoms with E-state index < -0.39 is 0 Å². The number of carbonyl (C=O) groups is 2. The highest BCUT2D eigenvalue weighted by molar-refractivity contribution is 5.93. The van der Waals surface area contributed by atoms with Gasteiger partial charge in [-0.2, -0.15) is 0 Å². The van der Waals surface area contributed by atoms with Crippen molar-refractivity contribution >= 4 is 17.5 Å². The molecular formula is C26H34N4O2. The van der Waals surface area contributed by atoms with Gasteiger partial charge in [0, 0.05) is 37.7 Å². The smallest absolute Gasteiger partial charge is 0.238 e. The molecule has 2 N–H and O–H groups in total. The van der Waals surface area contributed by atoms with E-state index in [0.29, 0.717) is 19.0 Å². The Morgan fingerprint density at radius 3 is 2.50 bits per heavy atom. The van der Waals surface area contributed by atoms with Crippen LogP contribution in [0.4, 0.5) is 5.69 Å². The fraction of sp³-hybridized carbons (Fsp3) is 0.462. The maximum absolute atomic E-state index is 12.9. The van der Waals surface area contributed by atoms with Gasteiger partial charge in [0.1, 0.15) is 0 Å². The van der Waals surface area contributed by atoms with Gasteiger partial charge < -0.3 is 10.6 Å². The largest absolute Gasteiger partial charge is 0.348 e.